The first kappa shape index (κ1) is 11.1. The van der Waals surface area contributed by atoms with E-state index in [4.69, 9.17) is 10.6 Å². The molecular weight excluding hydrogens is 204 g/mol. The molecular formula is C12H16N2O2. The lowest BCUT2D eigenvalue weighted by atomic mass is 10.1. The van der Waals surface area contributed by atoms with Crippen molar-refractivity contribution in [2.45, 2.75) is 19.4 Å². The fourth-order valence-electron chi connectivity index (χ4n) is 1.54. The van der Waals surface area contributed by atoms with Gasteiger partial charge >= 0.3 is 0 Å². The minimum atomic E-state index is -0.351. The second kappa shape index (κ2) is 4.63. The number of hydrogen-bond acceptors (Lipinski definition) is 3. The molecule has 0 bridgehead atoms. The lowest BCUT2D eigenvalue weighted by Crippen LogP contribution is -2.36. The van der Waals surface area contributed by atoms with Gasteiger partial charge in [-0.3, -0.25) is 9.63 Å². The lowest BCUT2D eigenvalue weighted by molar-refractivity contribution is -0.139. The van der Waals surface area contributed by atoms with E-state index < -0.39 is 0 Å². The van der Waals surface area contributed by atoms with E-state index in [0.717, 1.165) is 18.4 Å². The highest BCUT2D eigenvalue weighted by atomic mass is 16.6. The number of nitrogens with two attached hydrogens (primary N) is 1. The molecule has 16 heavy (non-hydrogen) atoms. The quantitative estimate of drug-likeness (QED) is 0.727. The third kappa shape index (κ3) is 2.40. The predicted molar refractivity (Wildman–Crippen MR) is 60.1 cm³/mol. The largest absolute Gasteiger partial charge is 0.329 e. The van der Waals surface area contributed by atoms with Crippen LogP contribution in [0.15, 0.2) is 30.3 Å². The van der Waals surface area contributed by atoms with E-state index in [1.54, 1.807) is 0 Å². The number of carbonyl (C=O) groups excluding carboxylic acids is 1. The second-order valence-corrected chi connectivity index (χ2v) is 4.19. The van der Waals surface area contributed by atoms with Crippen LogP contribution in [0.1, 0.15) is 18.4 Å². The minimum absolute atomic E-state index is 0.0917. The van der Waals surface area contributed by atoms with E-state index in [1.807, 2.05) is 30.3 Å². The molecule has 1 saturated carbocycles. The number of nitrogens with one attached hydrogen (secondary N) is 1. The molecule has 86 valence electrons. The van der Waals surface area contributed by atoms with Gasteiger partial charge < -0.3 is 5.73 Å². The molecule has 1 aliphatic carbocycles. The van der Waals surface area contributed by atoms with E-state index in [2.05, 4.69) is 5.48 Å². The normalized spacial score (nSPS) is 16.8. The van der Waals surface area contributed by atoms with E-state index in [0.29, 0.717) is 13.2 Å². The summed E-state index contributed by atoms with van der Waals surface area (Å²) in [5, 5.41) is 0. The highest BCUT2D eigenvalue weighted by molar-refractivity contribution is 5.84. The minimum Gasteiger partial charge on any atom is -0.329 e. The molecule has 1 aromatic rings. The Kier molecular flexibility index (Phi) is 3.22. The van der Waals surface area contributed by atoms with Gasteiger partial charge in [-0.2, -0.15) is 0 Å². The molecule has 0 spiro atoms. The summed E-state index contributed by atoms with van der Waals surface area (Å²) in [4.78, 5) is 16.8. The average molecular weight is 220 g/mol. The van der Waals surface area contributed by atoms with Gasteiger partial charge in [0.1, 0.15) is 0 Å². The van der Waals surface area contributed by atoms with Crippen LogP contribution in [0, 0.1) is 5.41 Å². The van der Waals surface area contributed by atoms with Gasteiger partial charge in [0.25, 0.3) is 5.91 Å². The molecule has 1 aromatic carbocycles. The van der Waals surface area contributed by atoms with E-state index in [1.165, 1.54) is 0 Å². The summed E-state index contributed by atoms with van der Waals surface area (Å²) in [6.45, 7) is 0.779. The van der Waals surface area contributed by atoms with Gasteiger partial charge in [0.15, 0.2) is 0 Å². The Morgan fingerprint density at radius 1 is 1.38 bits per heavy atom. The highest BCUT2D eigenvalue weighted by Crippen LogP contribution is 2.44. The summed E-state index contributed by atoms with van der Waals surface area (Å²) >= 11 is 0. The van der Waals surface area contributed by atoms with Gasteiger partial charge in [0.2, 0.25) is 0 Å². The van der Waals surface area contributed by atoms with E-state index in [9.17, 15) is 4.79 Å². The fourth-order valence-corrected chi connectivity index (χ4v) is 1.54. The molecule has 0 radical (unpaired) electrons. The van der Waals surface area contributed by atoms with Crippen LogP contribution >= 0.6 is 0 Å². The molecule has 0 unspecified atom stereocenters. The maximum atomic E-state index is 11.6. The predicted octanol–water partition coefficient (Wildman–Crippen LogP) is 0.973. The summed E-state index contributed by atoms with van der Waals surface area (Å²) in [6.07, 6.45) is 1.73. The standard InChI is InChI=1S/C12H16N2O2/c13-9-12(6-7-12)11(15)14-16-8-10-4-2-1-3-5-10/h1-5H,6-9,13H2,(H,14,15). The summed E-state index contributed by atoms with van der Waals surface area (Å²) in [6, 6.07) is 9.70. The highest BCUT2D eigenvalue weighted by Gasteiger charge is 2.48. The average Bonchev–Trinajstić information content (AvgIpc) is 3.11. The number of hydrogen-bond donors (Lipinski definition) is 2. The van der Waals surface area contributed by atoms with Crippen LogP contribution in [0.25, 0.3) is 0 Å². The zero-order chi connectivity index (χ0) is 11.4. The van der Waals surface area contributed by atoms with Crippen molar-refractivity contribution < 1.29 is 9.63 Å². The number of hydroxylamine groups is 1. The first-order valence-electron chi connectivity index (χ1n) is 5.43. The Balaban J connectivity index is 1.75. The molecule has 1 aliphatic rings. The van der Waals surface area contributed by atoms with Crippen molar-refractivity contribution in [3.63, 3.8) is 0 Å². The van der Waals surface area contributed by atoms with E-state index in [-0.39, 0.29) is 11.3 Å². The summed E-state index contributed by atoms with van der Waals surface area (Å²) < 4.78 is 0. The molecule has 0 aliphatic heterocycles. The number of rotatable bonds is 5. The van der Waals surface area contributed by atoms with Crippen LogP contribution < -0.4 is 11.2 Å². The Morgan fingerprint density at radius 3 is 2.62 bits per heavy atom. The smallest absolute Gasteiger partial charge is 0.251 e. The van der Waals surface area contributed by atoms with Crippen LogP contribution in [0.3, 0.4) is 0 Å². The SMILES string of the molecule is NCC1(C(=O)NOCc2ccccc2)CC1. The zero-order valence-electron chi connectivity index (χ0n) is 9.11. The van der Waals surface area contributed by atoms with E-state index >= 15 is 0 Å². The van der Waals surface area contributed by atoms with Gasteiger partial charge in [-0.1, -0.05) is 30.3 Å². The Bertz CT molecular complexity index is 361. The maximum absolute atomic E-state index is 11.6. The van der Waals surface area contributed by atoms with Gasteiger partial charge in [0, 0.05) is 6.54 Å². The fraction of sp³-hybridized carbons (Fsp3) is 0.417. The van der Waals surface area contributed by atoms with Crippen molar-refractivity contribution in [1.82, 2.24) is 5.48 Å². The molecule has 4 nitrogen and oxygen atoms in total. The van der Waals surface area contributed by atoms with Gasteiger partial charge in [-0.25, -0.2) is 5.48 Å². The first-order valence-corrected chi connectivity index (χ1v) is 5.43. The molecule has 0 saturated heterocycles. The molecule has 3 N–H and O–H groups in total. The summed E-state index contributed by atoms with van der Waals surface area (Å²) in [7, 11) is 0. The van der Waals surface area contributed by atoms with Crippen LogP contribution in [0.5, 0.6) is 0 Å². The van der Waals surface area contributed by atoms with Crippen molar-refractivity contribution in [2.75, 3.05) is 6.54 Å². The molecule has 1 amide bonds. The Hall–Kier alpha value is -1.39. The third-order valence-corrected chi connectivity index (χ3v) is 2.97. The molecule has 1 fully saturated rings. The van der Waals surface area contributed by atoms with Crippen molar-refractivity contribution in [1.29, 1.82) is 0 Å². The third-order valence-electron chi connectivity index (χ3n) is 2.97. The van der Waals surface area contributed by atoms with Crippen LogP contribution in [0.4, 0.5) is 0 Å². The van der Waals surface area contributed by atoms with Gasteiger partial charge in [-0.15, -0.1) is 0 Å². The number of benzene rings is 1. The van der Waals surface area contributed by atoms with Crippen molar-refractivity contribution >= 4 is 5.91 Å². The van der Waals surface area contributed by atoms with Crippen LogP contribution in [0.2, 0.25) is 0 Å². The summed E-state index contributed by atoms with van der Waals surface area (Å²) in [5.74, 6) is -0.0917. The second-order valence-electron chi connectivity index (χ2n) is 4.19. The number of carbonyl (C=O) groups is 1. The van der Waals surface area contributed by atoms with Crippen molar-refractivity contribution in [3.8, 4) is 0 Å². The maximum Gasteiger partial charge on any atom is 0.251 e. The molecule has 2 rings (SSSR count). The first-order chi connectivity index (χ1) is 7.77. The van der Waals surface area contributed by atoms with Crippen LogP contribution in [-0.2, 0) is 16.2 Å². The molecule has 0 atom stereocenters. The number of amides is 1. The van der Waals surface area contributed by atoms with Gasteiger partial charge in [-0.05, 0) is 18.4 Å². The molecule has 4 heteroatoms. The monoisotopic (exact) mass is 220 g/mol. The van der Waals surface area contributed by atoms with Crippen molar-refractivity contribution in [3.05, 3.63) is 35.9 Å². The summed E-state index contributed by atoms with van der Waals surface area (Å²) in [5.41, 5.74) is 8.68. The lowest BCUT2D eigenvalue weighted by Gasteiger charge is -2.12. The topological polar surface area (TPSA) is 64.4 Å². The Morgan fingerprint density at radius 2 is 2.06 bits per heavy atom. The zero-order valence-corrected chi connectivity index (χ0v) is 9.11. The van der Waals surface area contributed by atoms with Crippen molar-refractivity contribution in [2.24, 2.45) is 11.1 Å². The van der Waals surface area contributed by atoms with Crippen LogP contribution in [-0.4, -0.2) is 12.5 Å². The Labute approximate surface area is 94.7 Å². The van der Waals surface area contributed by atoms with Gasteiger partial charge in [0.05, 0.1) is 12.0 Å². The molecule has 0 aromatic heterocycles. The molecule has 0 heterocycles.